The van der Waals surface area contributed by atoms with Crippen LogP contribution in [0.4, 0.5) is 4.39 Å². The van der Waals surface area contributed by atoms with E-state index >= 15 is 0 Å². The van der Waals surface area contributed by atoms with Crippen LogP contribution in [0.5, 0.6) is 0 Å². The summed E-state index contributed by atoms with van der Waals surface area (Å²) in [6, 6.07) is 5.11. The van der Waals surface area contributed by atoms with E-state index in [-0.39, 0.29) is 11.9 Å². The third-order valence-corrected chi connectivity index (χ3v) is 2.16. The van der Waals surface area contributed by atoms with Crippen LogP contribution in [0.15, 0.2) is 18.2 Å². The Kier molecular flexibility index (Phi) is 4.08. The second kappa shape index (κ2) is 5.11. The average Bonchev–Trinajstić information content (AvgIpc) is 2.18. The Morgan fingerprint density at radius 1 is 1.43 bits per heavy atom. The van der Waals surface area contributed by atoms with Crippen molar-refractivity contribution in [1.29, 1.82) is 0 Å². The lowest BCUT2D eigenvalue weighted by Gasteiger charge is -2.14. The maximum absolute atomic E-state index is 13.4. The van der Waals surface area contributed by atoms with Crippen LogP contribution in [0.1, 0.15) is 37.5 Å². The predicted octanol–water partition coefficient (Wildman–Crippen LogP) is 3.62. The lowest BCUT2D eigenvalue weighted by molar-refractivity contribution is 0.0638. The third kappa shape index (κ3) is 2.81. The molecule has 0 aromatic heterocycles. The Balaban J connectivity index is 2.77. The minimum absolute atomic E-state index is 0.158. The molecule has 0 fully saturated rings. The van der Waals surface area contributed by atoms with Crippen LogP contribution in [-0.4, -0.2) is 6.61 Å². The summed E-state index contributed by atoms with van der Waals surface area (Å²) >= 11 is 0. The summed E-state index contributed by atoms with van der Waals surface area (Å²) in [5, 5.41) is 0. The van der Waals surface area contributed by atoms with Gasteiger partial charge in [0, 0.05) is 12.2 Å². The monoisotopic (exact) mass is 196 g/mol. The molecular formula is C12H17FO. The molecule has 0 radical (unpaired) electrons. The van der Waals surface area contributed by atoms with Crippen molar-refractivity contribution in [2.45, 2.75) is 33.3 Å². The van der Waals surface area contributed by atoms with E-state index in [1.165, 1.54) is 6.07 Å². The number of ether oxygens (including phenoxy) is 1. The maximum atomic E-state index is 13.4. The van der Waals surface area contributed by atoms with Gasteiger partial charge in [-0.2, -0.15) is 0 Å². The van der Waals surface area contributed by atoms with Crippen molar-refractivity contribution in [3.63, 3.8) is 0 Å². The molecule has 0 aliphatic heterocycles. The molecule has 1 nitrogen and oxygen atoms in total. The molecule has 0 heterocycles. The van der Waals surface area contributed by atoms with E-state index in [9.17, 15) is 4.39 Å². The molecule has 0 aliphatic rings. The fourth-order valence-electron chi connectivity index (χ4n) is 1.36. The fraction of sp³-hybridized carbons (Fsp3) is 0.500. The summed E-state index contributed by atoms with van der Waals surface area (Å²) in [5.41, 5.74) is 1.71. The molecule has 1 rings (SSSR count). The molecule has 0 N–H and O–H groups in total. The second-order valence-electron chi connectivity index (χ2n) is 3.54. The van der Waals surface area contributed by atoms with Crippen LogP contribution < -0.4 is 0 Å². The quantitative estimate of drug-likeness (QED) is 0.714. The molecule has 1 unspecified atom stereocenters. The van der Waals surface area contributed by atoms with Crippen molar-refractivity contribution in [2.75, 3.05) is 6.61 Å². The summed E-state index contributed by atoms with van der Waals surface area (Å²) < 4.78 is 18.8. The van der Waals surface area contributed by atoms with E-state index < -0.39 is 0 Å². The summed E-state index contributed by atoms with van der Waals surface area (Å²) in [6.07, 6.45) is 0.799. The molecule has 1 aromatic carbocycles. The molecule has 0 saturated heterocycles. The van der Waals surface area contributed by atoms with Crippen LogP contribution in [0, 0.1) is 12.7 Å². The first kappa shape index (κ1) is 11.2. The molecule has 14 heavy (non-hydrogen) atoms. The van der Waals surface area contributed by atoms with Crippen molar-refractivity contribution in [3.8, 4) is 0 Å². The number of aryl methyl sites for hydroxylation is 1. The largest absolute Gasteiger partial charge is 0.374 e. The lowest BCUT2D eigenvalue weighted by atomic mass is 10.1. The minimum Gasteiger partial charge on any atom is -0.374 e. The van der Waals surface area contributed by atoms with Crippen LogP contribution in [0.3, 0.4) is 0 Å². The molecular weight excluding hydrogens is 179 g/mol. The Morgan fingerprint density at radius 2 is 2.14 bits per heavy atom. The van der Waals surface area contributed by atoms with E-state index in [0.717, 1.165) is 12.0 Å². The number of hydrogen-bond acceptors (Lipinski definition) is 1. The Hall–Kier alpha value is -0.890. The third-order valence-electron chi connectivity index (χ3n) is 2.16. The average molecular weight is 196 g/mol. The molecule has 0 saturated carbocycles. The Labute approximate surface area is 84.9 Å². The van der Waals surface area contributed by atoms with Gasteiger partial charge in [0.15, 0.2) is 0 Å². The number of rotatable bonds is 4. The minimum atomic E-state index is -0.181. The molecule has 0 spiro atoms. The highest BCUT2D eigenvalue weighted by Crippen LogP contribution is 2.21. The number of benzene rings is 1. The van der Waals surface area contributed by atoms with Gasteiger partial charge in [0.2, 0.25) is 0 Å². The first-order chi connectivity index (χ1) is 6.65. The van der Waals surface area contributed by atoms with Crippen LogP contribution in [0.2, 0.25) is 0 Å². The molecule has 2 heteroatoms. The van der Waals surface area contributed by atoms with Crippen molar-refractivity contribution in [1.82, 2.24) is 0 Å². The van der Waals surface area contributed by atoms with E-state index in [0.29, 0.717) is 12.2 Å². The molecule has 1 atom stereocenters. The number of hydrogen-bond donors (Lipinski definition) is 0. The molecule has 0 aliphatic carbocycles. The van der Waals surface area contributed by atoms with Crippen LogP contribution >= 0.6 is 0 Å². The summed E-state index contributed by atoms with van der Waals surface area (Å²) in [5.74, 6) is -0.181. The standard InChI is InChI=1S/C12H17FO/c1-4-7-14-10(3)11-8-9(2)5-6-12(11)13/h5-6,8,10H,4,7H2,1-3H3. The van der Waals surface area contributed by atoms with Crippen LogP contribution in [0.25, 0.3) is 0 Å². The zero-order chi connectivity index (χ0) is 10.6. The van der Waals surface area contributed by atoms with Gasteiger partial charge in [-0.1, -0.05) is 24.6 Å². The Morgan fingerprint density at radius 3 is 2.79 bits per heavy atom. The topological polar surface area (TPSA) is 9.23 Å². The van der Waals surface area contributed by atoms with E-state index in [1.807, 2.05) is 26.8 Å². The lowest BCUT2D eigenvalue weighted by Crippen LogP contribution is -2.03. The van der Waals surface area contributed by atoms with Crippen molar-refractivity contribution < 1.29 is 9.13 Å². The smallest absolute Gasteiger partial charge is 0.129 e. The normalized spacial score (nSPS) is 12.9. The van der Waals surface area contributed by atoms with E-state index in [4.69, 9.17) is 4.74 Å². The zero-order valence-corrected chi connectivity index (χ0v) is 9.01. The van der Waals surface area contributed by atoms with Gasteiger partial charge in [-0.25, -0.2) is 4.39 Å². The highest BCUT2D eigenvalue weighted by Gasteiger charge is 2.10. The van der Waals surface area contributed by atoms with Gasteiger partial charge in [-0.15, -0.1) is 0 Å². The van der Waals surface area contributed by atoms with Crippen molar-refractivity contribution in [3.05, 3.63) is 35.1 Å². The first-order valence-electron chi connectivity index (χ1n) is 5.02. The molecule has 0 amide bonds. The van der Waals surface area contributed by atoms with E-state index in [1.54, 1.807) is 6.07 Å². The molecule has 1 aromatic rings. The Bertz CT molecular complexity index is 296. The van der Waals surface area contributed by atoms with Gasteiger partial charge < -0.3 is 4.74 Å². The van der Waals surface area contributed by atoms with Gasteiger partial charge in [0.1, 0.15) is 5.82 Å². The van der Waals surface area contributed by atoms with Gasteiger partial charge in [-0.05, 0) is 26.3 Å². The SMILES string of the molecule is CCCOC(C)c1cc(C)ccc1F. The summed E-state index contributed by atoms with van der Waals surface area (Å²) in [7, 11) is 0. The molecule has 78 valence electrons. The summed E-state index contributed by atoms with van der Waals surface area (Å²) in [4.78, 5) is 0. The number of halogens is 1. The van der Waals surface area contributed by atoms with Crippen molar-refractivity contribution in [2.24, 2.45) is 0 Å². The van der Waals surface area contributed by atoms with Gasteiger partial charge in [-0.3, -0.25) is 0 Å². The van der Waals surface area contributed by atoms with E-state index in [2.05, 4.69) is 0 Å². The van der Waals surface area contributed by atoms with Gasteiger partial charge in [0.25, 0.3) is 0 Å². The maximum Gasteiger partial charge on any atom is 0.129 e. The predicted molar refractivity (Wildman–Crippen MR) is 55.8 cm³/mol. The molecule has 0 bridgehead atoms. The van der Waals surface area contributed by atoms with Gasteiger partial charge in [0.05, 0.1) is 6.10 Å². The van der Waals surface area contributed by atoms with Gasteiger partial charge >= 0.3 is 0 Å². The summed E-state index contributed by atoms with van der Waals surface area (Å²) in [6.45, 7) is 6.55. The highest BCUT2D eigenvalue weighted by molar-refractivity contribution is 5.25. The second-order valence-corrected chi connectivity index (χ2v) is 3.54. The van der Waals surface area contributed by atoms with Crippen LogP contribution in [-0.2, 0) is 4.74 Å². The van der Waals surface area contributed by atoms with Crippen molar-refractivity contribution >= 4 is 0 Å². The first-order valence-corrected chi connectivity index (χ1v) is 5.02. The highest BCUT2D eigenvalue weighted by atomic mass is 19.1. The fourth-order valence-corrected chi connectivity index (χ4v) is 1.36. The zero-order valence-electron chi connectivity index (χ0n) is 9.01.